The number of rotatable bonds is 3. The number of aromatic nitrogens is 1. The van der Waals surface area contributed by atoms with Crippen LogP contribution in [0.1, 0.15) is 15.9 Å². The van der Waals surface area contributed by atoms with E-state index in [-0.39, 0.29) is 5.91 Å². The molecule has 3 rings (SSSR count). The maximum atomic E-state index is 12.1. The number of carbonyl (C=O) groups is 1. The molecule has 3 aromatic rings. The zero-order chi connectivity index (χ0) is 17.4. The number of ether oxygens (including phenoxy) is 1. The zero-order valence-electron chi connectivity index (χ0n) is 13.9. The van der Waals surface area contributed by atoms with Gasteiger partial charge in [-0.05, 0) is 30.7 Å². The van der Waals surface area contributed by atoms with Gasteiger partial charge in [-0.25, -0.2) is 0 Å². The normalized spacial score (nSPS) is 10.9. The van der Waals surface area contributed by atoms with Gasteiger partial charge >= 0.3 is 0 Å². The van der Waals surface area contributed by atoms with Gasteiger partial charge in [0, 0.05) is 31.9 Å². The molecule has 0 saturated heterocycles. The third-order valence-electron chi connectivity index (χ3n) is 3.78. The van der Waals surface area contributed by atoms with Gasteiger partial charge in [-0.1, -0.05) is 11.6 Å². The van der Waals surface area contributed by atoms with Crippen LogP contribution in [0.15, 0.2) is 34.9 Å². The first-order valence-electron chi connectivity index (χ1n) is 7.37. The molecule has 0 bridgehead atoms. The Morgan fingerprint density at radius 2 is 2.04 bits per heavy atom. The number of fused-ring (bicyclic) bond motifs is 1. The van der Waals surface area contributed by atoms with Crippen molar-refractivity contribution in [1.29, 1.82) is 0 Å². The molecule has 1 amide bonds. The number of carbonyl (C=O) groups excluding carboxylic acids is 1. The van der Waals surface area contributed by atoms with Crippen LogP contribution in [-0.2, 0) is 0 Å². The summed E-state index contributed by atoms with van der Waals surface area (Å²) >= 11 is 6.29. The first kappa shape index (κ1) is 16.3. The number of hydrogen-bond acceptors (Lipinski definition) is 4. The van der Waals surface area contributed by atoms with E-state index in [1.807, 2.05) is 13.0 Å². The third kappa shape index (κ3) is 2.71. The quantitative estimate of drug-likeness (QED) is 0.715. The smallest absolute Gasteiger partial charge is 0.253 e. The molecular formula is C18H17ClN2O3. The van der Waals surface area contributed by atoms with Gasteiger partial charge in [0.2, 0.25) is 0 Å². The molecule has 0 spiro atoms. The van der Waals surface area contributed by atoms with Crippen LogP contribution >= 0.6 is 11.6 Å². The fourth-order valence-corrected chi connectivity index (χ4v) is 2.64. The highest BCUT2D eigenvalue weighted by Gasteiger charge is 2.17. The van der Waals surface area contributed by atoms with Crippen LogP contribution in [0.3, 0.4) is 0 Å². The lowest BCUT2D eigenvalue weighted by atomic mass is 10.1. The molecule has 0 atom stereocenters. The summed E-state index contributed by atoms with van der Waals surface area (Å²) in [4.78, 5) is 18.0. The Morgan fingerprint density at radius 1 is 1.29 bits per heavy atom. The second-order valence-electron chi connectivity index (χ2n) is 5.69. The van der Waals surface area contributed by atoms with E-state index in [0.29, 0.717) is 33.2 Å². The Balaban J connectivity index is 2.12. The molecule has 0 unspecified atom stereocenters. The van der Waals surface area contributed by atoms with E-state index >= 15 is 0 Å². The molecule has 5 nitrogen and oxygen atoms in total. The SMILES string of the molecule is COc1cc(C(=O)N(C)C)ccc1-c1cc2ncc(C)c(Cl)c2o1. The van der Waals surface area contributed by atoms with Crippen molar-refractivity contribution < 1.29 is 13.9 Å². The fraction of sp³-hybridized carbons (Fsp3) is 0.222. The average Bonchev–Trinajstić information content (AvgIpc) is 3.01. The van der Waals surface area contributed by atoms with E-state index in [4.69, 9.17) is 20.8 Å². The fourth-order valence-electron chi connectivity index (χ4n) is 2.46. The third-order valence-corrected chi connectivity index (χ3v) is 4.25. The van der Waals surface area contributed by atoms with Crippen LogP contribution in [0.5, 0.6) is 5.75 Å². The van der Waals surface area contributed by atoms with Crippen molar-refractivity contribution in [2.75, 3.05) is 21.2 Å². The van der Waals surface area contributed by atoms with E-state index in [1.54, 1.807) is 45.6 Å². The number of methoxy groups -OCH3 is 1. The molecule has 2 heterocycles. The molecule has 6 heteroatoms. The number of benzene rings is 1. The first-order chi connectivity index (χ1) is 11.4. The summed E-state index contributed by atoms with van der Waals surface area (Å²) in [6.45, 7) is 1.87. The second-order valence-corrected chi connectivity index (χ2v) is 6.07. The highest BCUT2D eigenvalue weighted by atomic mass is 35.5. The zero-order valence-corrected chi connectivity index (χ0v) is 14.6. The standard InChI is InChI=1S/C18H17ClN2O3/c1-10-9-20-13-8-15(24-17(13)16(10)19)12-6-5-11(7-14(12)23-4)18(22)21(2)3/h5-9H,1-4H3. The van der Waals surface area contributed by atoms with Crippen LogP contribution in [0.2, 0.25) is 5.02 Å². The van der Waals surface area contributed by atoms with E-state index in [2.05, 4.69) is 4.98 Å². The summed E-state index contributed by atoms with van der Waals surface area (Å²) < 4.78 is 11.3. The molecule has 24 heavy (non-hydrogen) atoms. The molecule has 2 aromatic heterocycles. The summed E-state index contributed by atoms with van der Waals surface area (Å²) in [5, 5.41) is 0.546. The minimum atomic E-state index is -0.0928. The Labute approximate surface area is 144 Å². The number of hydrogen-bond donors (Lipinski definition) is 0. The van der Waals surface area contributed by atoms with Crippen molar-refractivity contribution in [1.82, 2.24) is 9.88 Å². The predicted molar refractivity (Wildman–Crippen MR) is 93.8 cm³/mol. The van der Waals surface area contributed by atoms with Crippen LogP contribution in [0.25, 0.3) is 22.4 Å². The highest BCUT2D eigenvalue weighted by Crippen LogP contribution is 2.37. The minimum absolute atomic E-state index is 0.0928. The van der Waals surface area contributed by atoms with E-state index < -0.39 is 0 Å². The van der Waals surface area contributed by atoms with Crippen LogP contribution in [-0.4, -0.2) is 37.0 Å². The molecule has 0 N–H and O–H groups in total. The topological polar surface area (TPSA) is 55.6 Å². The summed E-state index contributed by atoms with van der Waals surface area (Å²) in [5.74, 6) is 1.05. The number of nitrogens with zero attached hydrogens (tertiary/aromatic N) is 2. The predicted octanol–water partition coefficient (Wildman–Crippen LogP) is 4.17. The number of aryl methyl sites for hydroxylation is 1. The molecule has 0 aliphatic rings. The largest absolute Gasteiger partial charge is 0.496 e. The maximum absolute atomic E-state index is 12.1. The van der Waals surface area contributed by atoms with E-state index in [1.165, 1.54) is 4.90 Å². The van der Waals surface area contributed by atoms with Gasteiger partial charge < -0.3 is 14.1 Å². The van der Waals surface area contributed by atoms with Gasteiger partial charge in [0.1, 0.15) is 17.0 Å². The molecular weight excluding hydrogens is 328 g/mol. The minimum Gasteiger partial charge on any atom is -0.496 e. The average molecular weight is 345 g/mol. The molecule has 0 aliphatic heterocycles. The van der Waals surface area contributed by atoms with Gasteiger partial charge in [-0.15, -0.1) is 0 Å². The lowest BCUT2D eigenvalue weighted by Gasteiger charge is -2.12. The Bertz CT molecular complexity index is 931. The Hall–Kier alpha value is -2.53. The monoisotopic (exact) mass is 344 g/mol. The van der Waals surface area contributed by atoms with Gasteiger partial charge in [0.15, 0.2) is 5.58 Å². The molecule has 0 saturated carbocycles. The lowest BCUT2D eigenvalue weighted by molar-refractivity contribution is 0.0827. The number of furan rings is 1. The summed E-state index contributed by atoms with van der Waals surface area (Å²) in [5.41, 5.74) is 3.35. The summed E-state index contributed by atoms with van der Waals surface area (Å²) in [6, 6.07) is 7.05. The number of halogens is 1. The van der Waals surface area contributed by atoms with Crippen molar-refractivity contribution in [3.8, 4) is 17.1 Å². The molecule has 124 valence electrons. The van der Waals surface area contributed by atoms with Gasteiger partial charge in [-0.2, -0.15) is 0 Å². The van der Waals surface area contributed by atoms with Gasteiger partial charge in [-0.3, -0.25) is 9.78 Å². The first-order valence-corrected chi connectivity index (χ1v) is 7.75. The molecule has 0 aliphatic carbocycles. The van der Waals surface area contributed by atoms with Gasteiger partial charge in [0.05, 0.1) is 17.7 Å². The van der Waals surface area contributed by atoms with Crippen LogP contribution in [0, 0.1) is 6.92 Å². The molecule has 1 aromatic carbocycles. The van der Waals surface area contributed by atoms with E-state index in [0.717, 1.165) is 11.1 Å². The number of pyridine rings is 1. The van der Waals surface area contributed by atoms with Crippen LogP contribution < -0.4 is 4.74 Å². The molecule has 0 radical (unpaired) electrons. The van der Waals surface area contributed by atoms with Gasteiger partial charge in [0.25, 0.3) is 5.91 Å². The second kappa shape index (κ2) is 6.17. The van der Waals surface area contributed by atoms with Crippen molar-refractivity contribution in [2.45, 2.75) is 6.92 Å². The lowest BCUT2D eigenvalue weighted by Crippen LogP contribution is -2.21. The summed E-state index contributed by atoms with van der Waals surface area (Å²) in [7, 11) is 4.97. The Morgan fingerprint density at radius 3 is 2.71 bits per heavy atom. The summed E-state index contributed by atoms with van der Waals surface area (Å²) in [6.07, 6.45) is 1.71. The van der Waals surface area contributed by atoms with Crippen LogP contribution in [0.4, 0.5) is 0 Å². The van der Waals surface area contributed by atoms with E-state index in [9.17, 15) is 4.79 Å². The van der Waals surface area contributed by atoms with Crippen molar-refractivity contribution in [3.63, 3.8) is 0 Å². The van der Waals surface area contributed by atoms with Crippen molar-refractivity contribution in [2.24, 2.45) is 0 Å². The highest BCUT2D eigenvalue weighted by molar-refractivity contribution is 6.35. The number of amides is 1. The molecule has 0 fully saturated rings. The Kier molecular flexibility index (Phi) is 4.20. The van der Waals surface area contributed by atoms with Crippen molar-refractivity contribution >= 4 is 28.6 Å². The maximum Gasteiger partial charge on any atom is 0.253 e. The van der Waals surface area contributed by atoms with Crippen molar-refractivity contribution in [3.05, 3.63) is 46.6 Å².